The van der Waals surface area contributed by atoms with Gasteiger partial charge < -0.3 is 13.7 Å². The third-order valence-corrected chi connectivity index (χ3v) is 4.69. The fourth-order valence-electron chi connectivity index (χ4n) is 2.72. The SMILES string of the molecule is CC(C)n1c(=O)oc2c(B3OC(C)(C)C(C)(C)O3)cccc21. The molecule has 1 aliphatic heterocycles. The van der Waals surface area contributed by atoms with E-state index in [0.29, 0.717) is 5.58 Å². The largest absolute Gasteiger partial charge is 0.498 e. The van der Waals surface area contributed by atoms with Crippen molar-refractivity contribution in [3.8, 4) is 0 Å². The molecule has 1 aliphatic rings. The average molecular weight is 303 g/mol. The van der Waals surface area contributed by atoms with Crippen LogP contribution in [0.15, 0.2) is 27.4 Å². The summed E-state index contributed by atoms with van der Waals surface area (Å²) in [5.41, 5.74) is 1.21. The molecule has 0 atom stereocenters. The Labute approximate surface area is 130 Å². The number of para-hydroxylation sites is 1. The van der Waals surface area contributed by atoms with Gasteiger partial charge in [-0.2, -0.15) is 0 Å². The van der Waals surface area contributed by atoms with Crippen LogP contribution in [0.25, 0.3) is 11.1 Å². The van der Waals surface area contributed by atoms with Gasteiger partial charge in [0.05, 0.1) is 16.7 Å². The van der Waals surface area contributed by atoms with E-state index in [9.17, 15) is 4.79 Å². The summed E-state index contributed by atoms with van der Waals surface area (Å²) in [6, 6.07) is 5.70. The highest BCUT2D eigenvalue weighted by Crippen LogP contribution is 2.37. The maximum Gasteiger partial charge on any atom is 0.498 e. The van der Waals surface area contributed by atoms with E-state index in [1.165, 1.54) is 0 Å². The Balaban J connectivity index is 2.14. The lowest BCUT2D eigenvalue weighted by molar-refractivity contribution is 0.00578. The quantitative estimate of drug-likeness (QED) is 0.800. The third-order valence-electron chi connectivity index (χ3n) is 4.69. The van der Waals surface area contributed by atoms with Crippen LogP contribution in [0.2, 0.25) is 0 Å². The van der Waals surface area contributed by atoms with Crippen LogP contribution >= 0.6 is 0 Å². The molecular formula is C16H22BNO4. The van der Waals surface area contributed by atoms with E-state index in [1.54, 1.807) is 4.57 Å². The van der Waals surface area contributed by atoms with Gasteiger partial charge in [0.1, 0.15) is 0 Å². The van der Waals surface area contributed by atoms with Gasteiger partial charge in [-0.25, -0.2) is 4.79 Å². The van der Waals surface area contributed by atoms with Crippen molar-refractivity contribution in [3.63, 3.8) is 0 Å². The molecule has 0 spiro atoms. The summed E-state index contributed by atoms with van der Waals surface area (Å²) < 4.78 is 19.3. The van der Waals surface area contributed by atoms with Crippen LogP contribution in [0, 0.1) is 0 Å². The fourth-order valence-corrected chi connectivity index (χ4v) is 2.72. The Bertz CT molecular complexity index is 756. The normalized spacial score (nSPS) is 20.2. The van der Waals surface area contributed by atoms with Gasteiger partial charge in [0.25, 0.3) is 0 Å². The monoisotopic (exact) mass is 303 g/mol. The Hall–Kier alpha value is -1.53. The molecule has 5 nitrogen and oxygen atoms in total. The first-order valence-electron chi connectivity index (χ1n) is 7.63. The zero-order valence-corrected chi connectivity index (χ0v) is 14.0. The third kappa shape index (κ3) is 2.13. The average Bonchev–Trinajstić information content (AvgIpc) is 2.82. The summed E-state index contributed by atoms with van der Waals surface area (Å²) in [6.07, 6.45) is 0. The van der Waals surface area contributed by atoms with E-state index in [4.69, 9.17) is 13.7 Å². The van der Waals surface area contributed by atoms with Crippen molar-refractivity contribution in [2.75, 3.05) is 0 Å². The number of hydrogen-bond donors (Lipinski definition) is 0. The Morgan fingerprint density at radius 3 is 2.23 bits per heavy atom. The zero-order valence-electron chi connectivity index (χ0n) is 14.0. The molecule has 0 N–H and O–H groups in total. The standard InChI is InChI=1S/C16H22BNO4/c1-10(2)18-12-9-7-8-11(13(12)20-14(18)19)17-21-15(3,4)16(5,6)22-17/h7-10H,1-6H3. The van der Waals surface area contributed by atoms with Gasteiger partial charge in [-0.1, -0.05) is 12.1 Å². The number of nitrogens with zero attached hydrogens (tertiary/aromatic N) is 1. The molecule has 0 bridgehead atoms. The lowest BCUT2D eigenvalue weighted by atomic mass is 9.78. The highest BCUT2D eigenvalue weighted by atomic mass is 16.7. The summed E-state index contributed by atoms with van der Waals surface area (Å²) in [4.78, 5) is 12.1. The van der Waals surface area contributed by atoms with Gasteiger partial charge in [-0.05, 0) is 47.6 Å². The van der Waals surface area contributed by atoms with Crippen LogP contribution in [0.4, 0.5) is 0 Å². The topological polar surface area (TPSA) is 53.6 Å². The summed E-state index contributed by atoms with van der Waals surface area (Å²) in [7, 11) is -0.542. The van der Waals surface area contributed by atoms with Gasteiger partial charge >= 0.3 is 12.9 Å². The minimum Gasteiger partial charge on any atom is -0.408 e. The minimum absolute atomic E-state index is 0.0299. The molecule has 2 heterocycles. The first-order chi connectivity index (χ1) is 10.1. The lowest BCUT2D eigenvalue weighted by Crippen LogP contribution is -2.41. The molecule has 6 heteroatoms. The number of rotatable bonds is 2. The van der Waals surface area contributed by atoms with Crippen LogP contribution in [0.5, 0.6) is 0 Å². The maximum atomic E-state index is 12.1. The number of aromatic nitrogens is 1. The molecule has 1 aromatic carbocycles. The Morgan fingerprint density at radius 2 is 1.68 bits per heavy atom. The van der Waals surface area contributed by atoms with Gasteiger partial charge in [-0.15, -0.1) is 0 Å². The summed E-state index contributed by atoms with van der Waals surface area (Å²) in [6.45, 7) is 11.9. The molecule has 2 aromatic rings. The zero-order chi connectivity index (χ0) is 16.3. The molecule has 3 rings (SSSR count). The number of oxazole rings is 1. The highest BCUT2D eigenvalue weighted by Gasteiger charge is 2.52. The summed E-state index contributed by atoms with van der Waals surface area (Å²) in [5, 5.41) is 0. The summed E-state index contributed by atoms with van der Waals surface area (Å²) >= 11 is 0. The van der Waals surface area contributed by atoms with Crippen LogP contribution in [-0.4, -0.2) is 22.9 Å². The molecule has 22 heavy (non-hydrogen) atoms. The van der Waals surface area contributed by atoms with Crippen molar-refractivity contribution in [1.29, 1.82) is 0 Å². The summed E-state index contributed by atoms with van der Waals surface area (Å²) in [5.74, 6) is -0.353. The Morgan fingerprint density at radius 1 is 1.09 bits per heavy atom. The molecule has 0 saturated carbocycles. The van der Waals surface area contributed by atoms with Gasteiger partial charge in [-0.3, -0.25) is 4.57 Å². The second kappa shape index (κ2) is 4.73. The number of fused-ring (bicyclic) bond motifs is 1. The predicted octanol–water partition coefficient (Wildman–Crippen LogP) is 2.47. The van der Waals surface area contributed by atoms with E-state index in [-0.39, 0.29) is 11.8 Å². The first kappa shape index (κ1) is 15.4. The molecule has 0 radical (unpaired) electrons. The minimum atomic E-state index is -0.542. The smallest absolute Gasteiger partial charge is 0.408 e. The van der Waals surface area contributed by atoms with E-state index < -0.39 is 18.3 Å². The molecular weight excluding hydrogens is 281 g/mol. The van der Waals surface area contributed by atoms with Crippen molar-refractivity contribution < 1.29 is 13.7 Å². The predicted molar refractivity (Wildman–Crippen MR) is 86.6 cm³/mol. The highest BCUT2D eigenvalue weighted by molar-refractivity contribution is 6.64. The molecule has 118 valence electrons. The van der Waals surface area contributed by atoms with Crippen molar-refractivity contribution in [3.05, 3.63) is 28.7 Å². The molecule has 1 fully saturated rings. The van der Waals surface area contributed by atoms with Crippen LogP contribution in [0.1, 0.15) is 47.6 Å². The van der Waals surface area contributed by atoms with E-state index in [0.717, 1.165) is 11.0 Å². The van der Waals surface area contributed by atoms with Gasteiger partial charge in [0.2, 0.25) is 0 Å². The molecule has 0 amide bonds. The molecule has 1 aromatic heterocycles. The van der Waals surface area contributed by atoms with Gasteiger partial charge in [0.15, 0.2) is 5.58 Å². The Kier molecular flexibility index (Phi) is 3.31. The second-order valence-corrected chi connectivity index (χ2v) is 7.12. The van der Waals surface area contributed by atoms with Crippen LogP contribution < -0.4 is 11.2 Å². The van der Waals surface area contributed by atoms with Crippen molar-refractivity contribution >= 4 is 23.7 Å². The maximum absolute atomic E-state index is 12.1. The van der Waals surface area contributed by atoms with Crippen LogP contribution in [0.3, 0.4) is 0 Å². The fraction of sp³-hybridized carbons (Fsp3) is 0.562. The van der Waals surface area contributed by atoms with E-state index in [2.05, 4.69) is 0 Å². The second-order valence-electron chi connectivity index (χ2n) is 7.12. The molecule has 1 saturated heterocycles. The van der Waals surface area contributed by atoms with Gasteiger partial charge in [0, 0.05) is 11.5 Å². The first-order valence-corrected chi connectivity index (χ1v) is 7.63. The number of hydrogen-bond acceptors (Lipinski definition) is 4. The van der Waals surface area contributed by atoms with E-state index >= 15 is 0 Å². The molecule has 0 unspecified atom stereocenters. The van der Waals surface area contributed by atoms with Crippen molar-refractivity contribution in [1.82, 2.24) is 4.57 Å². The van der Waals surface area contributed by atoms with E-state index in [1.807, 2.05) is 59.7 Å². The van der Waals surface area contributed by atoms with Crippen molar-refractivity contribution in [2.45, 2.75) is 58.8 Å². The lowest BCUT2D eigenvalue weighted by Gasteiger charge is -2.32. The number of benzene rings is 1. The van der Waals surface area contributed by atoms with Crippen molar-refractivity contribution in [2.24, 2.45) is 0 Å². The van der Waals surface area contributed by atoms with Crippen LogP contribution in [-0.2, 0) is 9.31 Å². The molecule has 0 aliphatic carbocycles.